The van der Waals surface area contributed by atoms with Crippen LogP contribution in [0.4, 0.5) is 4.39 Å². The highest BCUT2D eigenvalue weighted by molar-refractivity contribution is 7.99. The quantitative estimate of drug-likeness (QED) is 0.550. The lowest BCUT2D eigenvalue weighted by Crippen LogP contribution is -1.98. The number of thioether (sulfide) groups is 1. The fraction of sp³-hybridized carbons (Fsp3) is 0.462. The van der Waals surface area contributed by atoms with E-state index in [4.69, 9.17) is 10.00 Å². The molecule has 0 aliphatic rings. The van der Waals surface area contributed by atoms with Crippen molar-refractivity contribution in [3.8, 4) is 6.07 Å². The highest BCUT2D eigenvalue weighted by atomic mass is 32.2. The standard InChI is InChI=1S/C13H16FNOS/c1-2-3-4-16-5-6-17-13-8-11(10-15)7-12(14)9-13/h7-9H,2-6H2,1H3. The first-order valence-electron chi connectivity index (χ1n) is 5.67. The summed E-state index contributed by atoms with van der Waals surface area (Å²) in [7, 11) is 0. The van der Waals surface area contributed by atoms with Gasteiger partial charge in [0.25, 0.3) is 0 Å². The van der Waals surface area contributed by atoms with Crippen LogP contribution in [0.3, 0.4) is 0 Å². The Morgan fingerprint density at radius 1 is 1.35 bits per heavy atom. The molecule has 1 aromatic rings. The Balaban J connectivity index is 2.32. The van der Waals surface area contributed by atoms with Gasteiger partial charge < -0.3 is 4.74 Å². The highest BCUT2D eigenvalue weighted by Crippen LogP contribution is 2.20. The van der Waals surface area contributed by atoms with Crippen LogP contribution in [0.2, 0.25) is 0 Å². The summed E-state index contributed by atoms with van der Waals surface area (Å²) in [5.74, 6) is 0.413. The maximum absolute atomic E-state index is 13.1. The summed E-state index contributed by atoms with van der Waals surface area (Å²) in [5, 5.41) is 8.70. The molecule has 0 bridgehead atoms. The predicted octanol–water partition coefficient (Wildman–Crippen LogP) is 3.61. The number of nitriles is 1. The molecule has 2 nitrogen and oxygen atoms in total. The van der Waals surface area contributed by atoms with Crippen LogP contribution >= 0.6 is 11.8 Å². The number of unbranched alkanes of at least 4 members (excludes halogenated alkanes) is 1. The average molecular weight is 253 g/mol. The Hall–Kier alpha value is -1.05. The predicted molar refractivity (Wildman–Crippen MR) is 67.6 cm³/mol. The van der Waals surface area contributed by atoms with E-state index in [1.807, 2.05) is 6.07 Å². The van der Waals surface area contributed by atoms with Gasteiger partial charge in [-0.3, -0.25) is 0 Å². The van der Waals surface area contributed by atoms with Crippen molar-refractivity contribution in [1.82, 2.24) is 0 Å². The summed E-state index contributed by atoms with van der Waals surface area (Å²) in [4.78, 5) is 0.778. The Labute approximate surface area is 106 Å². The fourth-order valence-electron chi connectivity index (χ4n) is 1.28. The SMILES string of the molecule is CCCCOCCSc1cc(F)cc(C#N)c1. The van der Waals surface area contributed by atoms with Crippen LogP contribution < -0.4 is 0 Å². The van der Waals surface area contributed by atoms with E-state index in [2.05, 4.69) is 6.92 Å². The molecule has 17 heavy (non-hydrogen) atoms. The van der Waals surface area contributed by atoms with Crippen LogP contribution in [0.15, 0.2) is 23.1 Å². The maximum atomic E-state index is 13.1. The number of hydrogen-bond donors (Lipinski definition) is 0. The van der Waals surface area contributed by atoms with Gasteiger partial charge in [0.15, 0.2) is 0 Å². The molecule has 1 rings (SSSR count). The highest BCUT2D eigenvalue weighted by Gasteiger charge is 2.01. The second kappa shape index (κ2) is 8.10. The van der Waals surface area contributed by atoms with Crippen LogP contribution in [-0.4, -0.2) is 19.0 Å². The van der Waals surface area contributed by atoms with Gasteiger partial charge in [-0.2, -0.15) is 5.26 Å². The van der Waals surface area contributed by atoms with Gasteiger partial charge in [-0.15, -0.1) is 11.8 Å². The molecule has 0 amide bonds. The molecule has 92 valence electrons. The van der Waals surface area contributed by atoms with E-state index in [0.29, 0.717) is 12.2 Å². The van der Waals surface area contributed by atoms with Gasteiger partial charge in [-0.1, -0.05) is 13.3 Å². The molecule has 0 saturated carbocycles. The monoisotopic (exact) mass is 253 g/mol. The largest absolute Gasteiger partial charge is 0.381 e. The molecule has 0 fully saturated rings. The molecule has 0 aromatic heterocycles. The van der Waals surface area contributed by atoms with Gasteiger partial charge in [0, 0.05) is 17.3 Å². The minimum atomic E-state index is -0.363. The summed E-state index contributed by atoms with van der Waals surface area (Å²) in [5.41, 5.74) is 0.361. The second-order valence-electron chi connectivity index (χ2n) is 3.60. The van der Waals surface area contributed by atoms with Crippen molar-refractivity contribution in [1.29, 1.82) is 5.26 Å². The van der Waals surface area contributed by atoms with Crippen molar-refractivity contribution in [3.63, 3.8) is 0 Å². The first-order chi connectivity index (χ1) is 8.26. The zero-order valence-corrected chi connectivity index (χ0v) is 10.7. The Bertz CT molecular complexity index is 389. The van der Waals surface area contributed by atoms with Crippen molar-refractivity contribution < 1.29 is 9.13 Å². The molecule has 0 atom stereocenters. The molecule has 0 unspecified atom stereocenters. The van der Waals surface area contributed by atoms with Crippen LogP contribution in [0.25, 0.3) is 0 Å². The normalized spacial score (nSPS) is 10.2. The lowest BCUT2D eigenvalue weighted by atomic mass is 10.2. The molecule has 0 aliphatic heterocycles. The summed E-state index contributed by atoms with van der Waals surface area (Å²) in [6.07, 6.45) is 2.20. The van der Waals surface area contributed by atoms with Gasteiger partial charge in [-0.25, -0.2) is 4.39 Å². The van der Waals surface area contributed by atoms with Gasteiger partial charge in [0.2, 0.25) is 0 Å². The zero-order valence-electron chi connectivity index (χ0n) is 9.91. The van der Waals surface area contributed by atoms with Crippen molar-refractivity contribution in [2.45, 2.75) is 24.7 Å². The van der Waals surface area contributed by atoms with Crippen LogP contribution in [0.5, 0.6) is 0 Å². The van der Waals surface area contributed by atoms with E-state index in [1.165, 1.54) is 23.9 Å². The number of hydrogen-bond acceptors (Lipinski definition) is 3. The van der Waals surface area contributed by atoms with Gasteiger partial charge in [0.1, 0.15) is 5.82 Å². The maximum Gasteiger partial charge on any atom is 0.125 e. The van der Waals surface area contributed by atoms with E-state index >= 15 is 0 Å². The van der Waals surface area contributed by atoms with Gasteiger partial charge >= 0.3 is 0 Å². The van der Waals surface area contributed by atoms with E-state index in [-0.39, 0.29) is 5.82 Å². The summed E-state index contributed by atoms with van der Waals surface area (Å²) in [6, 6.07) is 6.32. The van der Waals surface area contributed by atoms with E-state index < -0.39 is 0 Å². The minimum absolute atomic E-state index is 0.361. The number of halogens is 1. The van der Waals surface area contributed by atoms with E-state index in [9.17, 15) is 4.39 Å². The third-order valence-electron chi connectivity index (χ3n) is 2.14. The smallest absolute Gasteiger partial charge is 0.125 e. The van der Waals surface area contributed by atoms with Gasteiger partial charge in [0.05, 0.1) is 18.2 Å². The molecule has 1 aromatic carbocycles. The lowest BCUT2D eigenvalue weighted by molar-refractivity contribution is 0.147. The lowest BCUT2D eigenvalue weighted by Gasteiger charge is -2.04. The zero-order chi connectivity index (χ0) is 12.5. The second-order valence-corrected chi connectivity index (χ2v) is 4.77. The van der Waals surface area contributed by atoms with E-state index in [0.717, 1.165) is 30.1 Å². The third kappa shape index (κ3) is 5.71. The Kier molecular flexibility index (Phi) is 6.68. The van der Waals surface area contributed by atoms with Crippen molar-refractivity contribution in [2.75, 3.05) is 19.0 Å². The summed E-state index contributed by atoms with van der Waals surface area (Å²) < 4.78 is 18.5. The molecular weight excluding hydrogens is 237 g/mol. The number of benzene rings is 1. The summed E-state index contributed by atoms with van der Waals surface area (Å²) >= 11 is 1.51. The minimum Gasteiger partial charge on any atom is -0.381 e. The average Bonchev–Trinajstić information content (AvgIpc) is 2.33. The number of ether oxygens (including phenoxy) is 1. The first kappa shape index (κ1) is 14.0. The topological polar surface area (TPSA) is 33.0 Å². The first-order valence-corrected chi connectivity index (χ1v) is 6.66. The number of nitrogens with zero attached hydrogens (tertiary/aromatic N) is 1. The Morgan fingerprint density at radius 2 is 2.18 bits per heavy atom. The van der Waals surface area contributed by atoms with Crippen molar-refractivity contribution >= 4 is 11.8 Å². The van der Waals surface area contributed by atoms with Crippen molar-refractivity contribution in [2.24, 2.45) is 0 Å². The fourth-order valence-corrected chi connectivity index (χ4v) is 2.12. The molecule has 0 saturated heterocycles. The molecular formula is C13H16FNOS. The molecule has 0 N–H and O–H groups in total. The molecule has 0 spiro atoms. The van der Waals surface area contributed by atoms with Crippen LogP contribution in [-0.2, 0) is 4.74 Å². The molecule has 4 heteroatoms. The molecule has 0 aliphatic carbocycles. The third-order valence-corrected chi connectivity index (χ3v) is 3.08. The van der Waals surface area contributed by atoms with Crippen LogP contribution in [0.1, 0.15) is 25.3 Å². The van der Waals surface area contributed by atoms with Crippen molar-refractivity contribution in [3.05, 3.63) is 29.6 Å². The Morgan fingerprint density at radius 3 is 2.88 bits per heavy atom. The molecule has 0 radical (unpaired) electrons. The molecule has 0 heterocycles. The van der Waals surface area contributed by atoms with Gasteiger partial charge in [-0.05, 0) is 24.6 Å². The number of rotatable bonds is 7. The van der Waals surface area contributed by atoms with E-state index in [1.54, 1.807) is 6.07 Å². The van der Waals surface area contributed by atoms with Crippen LogP contribution in [0, 0.1) is 17.1 Å². The summed E-state index contributed by atoms with van der Waals surface area (Å²) in [6.45, 7) is 3.56.